The SMILES string of the molecule is CN(CCN1CCCC1)c1ccccc1C#N. The van der Waals surface area contributed by atoms with E-state index in [-0.39, 0.29) is 0 Å². The third-order valence-corrected chi connectivity index (χ3v) is 3.39. The van der Waals surface area contributed by atoms with Gasteiger partial charge in [-0.25, -0.2) is 0 Å². The lowest BCUT2D eigenvalue weighted by Gasteiger charge is -2.23. The first kappa shape index (κ1) is 11.9. The second kappa shape index (κ2) is 5.70. The van der Waals surface area contributed by atoms with Crippen LogP contribution in [0.25, 0.3) is 0 Å². The van der Waals surface area contributed by atoms with Gasteiger partial charge in [-0.15, -0.1) is 0 Å². The average molecular weight is 229 g/mol. The number of nitriles is 1. The van der Waals surface area contributed by atoms with Gasteiger partial charge in [0.15, 0.2) is 0 Å². The van der Waals surface area contributed by atoms with E-state index in [0.717, 1.165) is 24.3 Å². The van der Waals surface area contributed by atoms with Crippen LogP contribution in [0.15, 0.2) is 24.3 Å². The Hall–Kier alpha value is -1.53. The summed E-state index contributed by atoms with van der Waals surface area (Å²) in [5.41, 5.74) is 1.80. The monoisotopic (exact) mass is 229 g/mol. The molecule has 0 unspecified atom stereocenters. The van der Waals surface area contributed by atoms with Crippen molar-refractivity contribution in [2.45, 2.75) is 12.8 Å². The van der Waals surface area contributed by atoms with Crippen molar-refractivity contribution in [3.63, 3.8) is 0 Å². The molecule has 0 bridgehead atoms. The molecular weight excluding hydrogens is 210 g/mol. The topological polar surface area (TPSA) is 30.3 Å². The number of likely N-dealkylation sites (tertiary alicyclic amines) is 1. The lowest BCUT2D eigenvalue weighted by Crippen LogP contribution is -2.31. The molecule has 1 fully saturated rings. The minimum atomic E-state index is 0.761. The van der Waals surface area contributed by atoms with Gasteiger partial charge in [0.2, 0.25) is 0 Å². The molecule has 0 N–H and O–H groups in total. The van der Waals surface area contributed by atoms with Crippen LogP contribution in [0.1, 0.15) is 18.4 Å². The second-order valence-electron chi connectivity index (χ2n) is 4.60. The highest BCUT2D eigenvalue weighted by atomic mass is 15.2. The summed E-state index contributed by atoms with van der Waals surface area (Å²) in [6, 6.07) is 10.0. The highest BCUT2D eigenvalue weighted by molar-refractivity contribution is 5.58. The Labute approximate surface area is 103 Å². The molecule has 1 aliphatic rings. The molecule has 17 heavy (non-hydrogen) atoms. The van der Waals surface area contributed by atoms with Crippen LogP contribution in [-0.2, 0) is 0 Å². The average Bonchev–Trinajstić information content (AvgIpc) is 2.89. The fourth-order valence-electron chi connectivity index (χ4n) is 2.32. The molecule has 0 atom stereocenters. The van der Waals surface area contributed by atoms with Crippen molar-refractivity contribution in [2.75, 3.05) is 38.1 Å². The van der Waals surface area contributed by atoms with Crippen LogP contribution in [-0.4, -0.2) is 38.1 Å². The standard InChI is InChI=1S/C14H19N3/c1-16(10-11-17-8-4-5-9-17)14-7-3-2-6-13(14)12-15/h2-3,6-7H,4-5,8-11H2,1H3. The number of anilines is 1. The maximum atomic E-state index is 9.06. The van der Waals surface area contributed by atoms with Crippen LogP contribution in [0.5, 0.6) is 0 Å². The Bertz CT molecular complexity index is 402. The number of hydrogen-bond donors (Lipinski definition) is 0. The molecule has 1 aromatic carbocycles. The molecule has 1 heterocycles. The van der Waals surface area contributed by atoms with Gasteiger partial charge in [0.1, 0.15) is 6.07 Å². The van der Waals surface area contributed by atoms with Gasteiger partial charge < -0.3 is 9.80 Å². The Morgan fingerprint density at radius 1 is 1.29 bits per heavy atom. The zero-order valence-corrected chi connectivity index (χ0v) is 10.4. The minimum Gasteiger partial charge on any atom is -0.372 e. The van der Waals surface area contributed by atoms with Crippen molar-refractivity contribution in [2.24, 2.45) is 0 Å². The van der Waals surface area contributed by atoms with Crippen molar-refractivity contribution in [3.8, 4) is 6.07 Å². The largest absolute Gasteiger partial charge is 0.372 e. The molecule has 90 valence electrons. The first-order chi connectivity index (χ1) is 8.31. The van der Waals surface area contributed by atoms with Crippen LogP contribution in [0.3, 0.4) is 0 Å². The Balaban J connectivity index is 1.94. The number of hydrogen-bond acceptors (Lipinski definition) is 3. The molecule has 0 aliphatic carbocycles. The number of likely N-dealkylation sites (N-methyl/N-ethyl adjacent to an activating group) is 1. The first-order valence-corrected chi connectivity index (χ1v) is 6.24. The molecule has 1 aliphatic heterocycles. The summed E-state index contributed by atoms with van der Waals surface area (Å²) in [5, 5.41) is 9.06. The van der Waals surface area contributed by atoms with Crippen LogP contribution in [0, 0.1) is 11.3 Å². The van der Waals surface area contributed by atoms with Gasteiger partial charge >= 0.3 is 0 Å². The zero-order chi connectivity index (χ0) is 12.1. The molecule has 3 nitrogen and oxygen atoms in total. The van der Waals surface area contributed by atoms with Gasteiger partial charge in [0.05, 0.1) is 11.3 Å². The Kier molecular flexibility index (Phi) is 4.00. The third-order valence-electron chi connectivity index (χ3n) is 3.39. The molecule has 0 saturated carbocycles. The molecule has 0 radical (unpaired) electrons. The van der Waals surface area contributed by atoms with E-state index in [1.165, 1.54) is 25.9 Å². The molecular formula is C14H19N3. The molecule has 1 saturated heterocycles. The van der Waals surface area contributed by atoms with Gasteiger partial charge in [0, 0.05) is 20.1 Å². The van der Waals surface area contributed by atoms with E-state index < -0.39 is 0 Å². The molecule has 1 aromatic rings. The number of rotatable bonds is 4. The van der Waals surface area contributed by atoms with Crippen molar-refractivity contribution in [1.29, 1.82) is 5.26 Å². The predicted molar refractivity (Wildman–Crippen MR) is 70.1 cm³/mol. The highest BCUT2D eigenvalue weighted by Crippen LogP contribution is 2.18. The van der Waals surface area contributed by atoms with Gasteiger partial charge in [0.25, 0.3) is 0 Å². The van der Waals surface area contributed by atoms with Crippen LogP contribution >= 0.6 is 0 Å². The molecule has 2 rings (SSSR count). The quantitative estimate of drug-likeness (QED) is 0.792. The molecule has 3 heteroatoms. The molecule has 0 aromatic heterocycles. The van der Waals surface area contributed by atoms with E-state index in [0.29, 0.717) is 0 Å². The number of para-hydroxylation sites is 1. The van der Waals surface area contributed by atoms with Gasteiger partial charge in [-0.1, -0.05) is 12.1 Å². The summed E-state index contributed by atoms with van der Waals surface area (Å²) < 4.78 is 0. The summed E-state index contributed by atoms with van der Waals surface area (Å²) in [5.74, 6) is 0. The summed E-state index contributed by atoms with van der Waals surface area (Å²) in [4.78, 5) is 4.67. The van der Waals surface area contributed by atoms with E-state index in [9.17, 15) is 0 Å². The van der Waals surface area contributed by atoms with Crippen molar-refractivity contribution < 1.29 is 0 Å². The minimum absolute atomic E-state index is 0.761. The number of benzene rings is 1. The summed E-state index contributed by atoms with van der Waals surface area (Å²) in [6.45, 7) is 4.54. The lowest BCUT2D eigenvalue weighted by molar-refractivity contribution is 0.346. The fraction of sp³-hybridized carbons (Fsp3) is 0.500. The smallest absolute Gasteiger partial charge is 0.101 e. The normalized spacial score (nSPS) is 15.8. The van der Waals surface area contributed by atoms with Crippen molar-refractivity contribution >= 4 is 5.69 Å². The number of nitrogens with zero attached hydrogens (tertiary/aromatic N) is 3. The molecule has 0 amide bonds. The second-order valence-corrected chi connectivity index (χ2v) is 4.60. The van der Waals surface area contributed by atoms with E-state index in [1.807, 2.05) is 24.3 Å². The maximum absolute atomic E-state index is 9.06. The first-order valence-electron chi connectivity index (χ1n) is 6.24. The van der Waals surface area contributed by atoms with E-state index in [4.69, 9.17) is 5.26 Å². The third kappa shape index (κ3) is 2.98. The molecule has 0 spiro atoms. The van der Waals surface area contributed by atoms with E-state index in [2.05, 4.69) is 22.9 Å². The summed E-state index contributed by atoms with van der Waals surface area (Å²) >= 11 is 0. The van der Waals surface area contributed by atoms with Crippen LogP contribution < -0.4 is 4.90 Å². The maximum Gasteiger partial charge on any atom is 0.101 e. The van der Waals surface area contributed by atoms with Crippen LogP contribution in [0.4, 0.5) is 5.69 Å². The van der Waals surface area contributed by atoms with Crippen molar-refractivity contribution in [1.82, 2.24) is 4.90 Å². The Morgan fingerprint density at radius 2 is 2.00 bits per heavy atom. The van der Waals surface area contributed by atoms with Gasteiger partial charge in [-0.2, -0.15) is 5.26 Å². The fourth-order valence-corrected chi connectivity index (χ4v) is 2.32. The predicted octanol–water partition coefficient (Wildman–Crippen LogP) is 2.09. The van der Waals surface area contributed by atoms with E-state index in [1.54, 1.807) is 0 Å². The lowest BCUT2D eigenvalue weighted by atomic mass is 10.2. The zero-order valence-electron chi connectivity index (χ0n) is 10.4. The van der Waals surface area contributed by atoms with Crippen LogP contribution in [0.2, 0.25) is 0 Å². The van der Waals surface area contributed by atoms with Gasteiger partial charge in [-0.3, -0.25) is 0 Å². The van der Waals surface area contributed by atoms with Crippen molar-refractivity contribution in [3.05, 3.63) is 29.8 Å². The summed E-state index contributed by atoms with van der Waals surface area (Å²) in [7, 11) is 2.06. The highest BCUT2D eigenvalue weighted by Gasteiger charge is 2.12. The van der Waals surface area contributed by atoms with E-state index >= 15 is 0 Å². The van der Waals surface area contributed by atoms with Gasteiger partial charge in [-0.05, 0) is 38.1 Å². The summed E-state index contributed by atoms with van der Waals surface area (Å²) in [6.07, 6.45) is 2.66. The Morgan fingerprint density at radius 3 is 2.71 bits per heavy atom.